The van der Waals surface area contributed by atoms with Gasteiger partial charge in [-0.1, -0.05) is 6.92 Å². The molecule has 2 fully saturated rings. The van der Waals surface area contributed by atoms with Crippen LogP contribution in [0.15, 0.2) is 0 Å². The Balaban J connectivity index is 1.65. The first-order valence-corrected chi connectivity index (χ1v) is 5.76. The Hall–Kier alpha value is -0.570. The largest absolute Gasteiger partial charge is 0.356 e. The van der Waals surface area contributed by atoms with Crippen molar-refractivity contribution < 1.29 is 4.79 Å². The summed E-state index contributed by atoms with van der Waals surface area (Å²) in [4.78, 5) is 11.6. The van der Waals surface area contributed by atoms with E-state index in [4.69, 9.17) is 0 Å². The molecule has 1 aliphatic heterocycles. The number of carbonyl (C=O) groups is 1. The third-order valence-electron chi connectivity index (χ3n) is 3.47. The second kappa shape index (κ2) is 4.30. The average molecular weight is 196 g/mol. The fraction of sp³-hybridized carbons (Fsp3) is 0.909. The molecule has 0 aromatic heterocycles. The second-order valence-corrected chi connectivity index (χ2v) is 4.73. The van der Waals surface area contributed by atoms with Gasteiger partial charge in [-0.25, -0.2) is 0 Å². The smallest absolute Gasteiger partial charge is 0.223 e. The number of carbonyl (C=O) groups excluding carboxylic acids is 1. The van der Waals surface area contributed by atoms with Crippen molar-refractivity contribution in [1.82, 2.24) is 10.6 Å². The highest BCUT2D eigenvalue weighted by atomic mass is 16.1. The van der Waals surface area contributed by atoms with Crippen LogP contribution in [-0.4, -0.2) is 25.5 Å². The van der Waals surface area contributed by atoms with Crippen LogP contribution in [0.3, 0.4) is 0 Å². The highest BCUT2D eigenvalue weighted by Crippen LogP contribution is 2.36. The fourth-order valence-corrected chi connectivity index (χ4v) is 2.10. The first kappa shape index (κ1) is 9.97. The summed E-state index contributed by atoms with van der Waals surface area (Å²) in [6.45, 7) is 5.10. The topological polar surface area (TPSA) is 41.1 Å². The van der Waals surface area contributed by atoms with E-state index >= 15 is 0 Å². The van der Waals surface area contributed by atoms with E-state index in [1.54, 1.807) is 0 Å². The molecule has 1 heterocycles. The minimum Gasteiger partial charge on any atom is -0.356 e. The Morgan fingerprint density at radius 2 is 2.29 bits per heavy atom. The van der Waals surface area contributed by atoms with Crippen molar-refractivity contribution in [2.75, 3.05) is 19.6 Å². The van der Waals surface area contributed by atoms with Crippen LogP contribution in [0.4, 0.5) is 0 Å². The molecule has 0 bridgehead atoms. The number of hydrogen-bond acceptors (Lipinski definition) is 2. The lowest BCUT2D eigenvalue weighted by Gasteiger charge is -2.13. The van der Waals surface area contributed by atoms with E-state index in [0.29, 0.717) is 11.8 Å². The molecule has 0 aromatic carbocycles. The molecule has 2 atom stereocenters. The van der Waals surface area contributed by atoms with Gasteiger partial charge < -0.3 is 10.6 Å². The van der Waals surface area contributed by atoms with E-state index in [-0.39, 0.29) is 11.8 Å². The van der Waals surface area contributed by atoms with Gasteiger partial charge in [-0.3, -0.25) is 4.79 Å². The molecular weight excluding hydrogens is 176 g/mol. The summed E-state index contributed by atoms with van der Waals surface area (Å²) in [6.07, 6.45) is 3.71. The zero-order valence-corrected chi connectivity index (χ0v) is 8.88. The molecule has 2 aliphatic rings. The van der Waals surface area contributed by atoms with E-state index < -0.39 is 0 Å². The second-order valence-electron chi connectivity index (χ2n) is 4.73. The van der Waals surface area contributed by atoms with Crippen molar-refractivity contribution in [3.05, 3.63) is 0 Å². The van der Waals surface area contributed by atoms with Crippen molar-refractivity contribution in [2.24, 2.45) is 17.8 Å². The predicted molar refractivity (Wildman–Crippen MR) is 55.9 cm³/mol. The molecular formula is C11H20N2O. The molecule has 80 valence electrons. The maximum absolute atomic E-state index is 11.6. The fourth-order valence-electron chi connectivity index (χ4n) is 2.10. The Morgan fingerprint density at radius 1 is 1.50 bits per heavy atom. The summed E-state index contributed by atoms with van der Waals surface area (Å²) in [5, 5.41) is 6.38. The summed E-state index contributed by atoms with van der Waals surface area (Å²) in [5.41, 5.74) is 0. The SMILES string of the molecule is CC(C(=O)NCC1CCNC1)C1CC1. The van der Waals surface area contributed by atoms with Crippen LogP contribution in [0.2, 0.25) is 0 Å². The Morgan fingerprint density at radius 3 is 2.86 bits per heavy atom. The van der Waals surface area contributed by atoms with Gasteiger partial charge in [0.05, 0.1) is 0 Å². The van der Waals surface area contributed by atoms with Gasteiger partial charge in [0.1, 0.15) is 0 Å². The Bertz CT molecular complexity index is 207. The van der Waals surface area contributed by atoms with E-state index in [1.807, 2.05) is 0 Å². The minimum absolute atomic E-state index is 0.240. The zero-order valence-electron chi connectivity index (χ0n) is 8.88. The van der Waals surface area contributed by atoms with Crippen LogP contribution < -0.4 is 10.6 Å². The van der Waals surface area contributed by atoms with Crippen molar-refractivity contribution in [2.45, 2.75) is 26.2 Å². The zero-order chi connectivity index (χ0) is 9.97. The molecule has 1 amide bonds. The van der Waals surface area contributed by atoms with E-state index in [9.17, 15) is 4.79 Å². The summed E-state index contributed by atoms with van der Waals surface area (Å²) in [5.74, 6) is 1.84. The molecule has 2 unspecified atom stereocenters. The number of hydrogen-bond donors (Lipinski definition) is 2. The number of amides is 1. The van der Waals surface area contributed by atoms with Crippen molar-refractivity contribution >= 4 is 5.91 Å². The summed E-state index contributed by atoms with van der Waals surface area (Å²) in [6, 6.07) is 0. The highest BCUT2D eigenvalue weighted by molar-refractivity contribution is 5.78. The lowest BCUT2D eigenvalue weighted by atomic mass is 10.0. The quantitative estimate of drug-likeness (QED) is 0.697. The standard InChI is InChI=1S/C11H20N2O/c1-8(10-2-3-10)11(14)13-7-9-4-5-12-6-9/h8-10,12H,2-7H2,1H3,(H,13,14). The normalized spacial score (nSPS) is 28.8. The lowest BCUT2D eigenvalue weighted by Crippen LogP contribution is -2.34. The van der Waals surface area contributed by atoms with E-state index in [1.165, 1.54) is 19.3 Å². The Kier molecular flexibility index (Phi) is 3.06. The summed E-state index contributed by atoms with van der Waals surface area (Å²) in [7, 11) is 0. The van der Waals surface area contributed by atoms with Gasteiger partial charge in [0.2, 0.25) is 5.91 Å². The summed E-state index contributed by atoms with van der Waals surface area (Å²) < 4.78 is 0. The molecule has 3 nitrogen and oxygen atoms in total. The third kappa shape index (κ3) is 2.47. The van der Waals surface area contributed by atoms with Crippen molar-refractivity contribution in [3.8, 4) is 0 Å². The molecule has 0 radical (unpaired) electrons. The monoisotopic (exact) mass is 196 g/mol. The molecule has 0 aromatic rings. The first-order chi connectivity index (χ1) is 6.77. The average Bonchev–Trinajstić information content (AvgIpc) is 2.91. The van der Waals surface area contributed by atoms with Crippen LogP contribution in [-0.2, 0) is 4.79 Å². The van der Waals surface area contributed by atoms with Crippen molar-refractivity contribution in [3.63, 3.8) is 0 Å². The Labute approximate surface area is 85.6 Å². The van der Waals surface area contributed by atoms with Gasteiger partial charge in [-0.05, 0) is 44.2 Å². The van der Waals surface area contributed by atoms with Crippen LogP contribution in [0.25, 0.3) is 0 Å². The van der Waals surface area contributed by atoms with Gasteiger partial charge in [0, 0.05) is 12.5 Å². The van der Waals surface area contributed by atoms with Crippen molar-refractivity contribution in [1.29, 1.82) is 0 Å². The van der Waals surface area contributed by atoms with E-state index in [0.717, 1.165) is 19.6 Å². The molecule has 14 heavy (non-hydrogen) atoms. The van der Waals surface area contributed by atoms with Crippen LogP contribution in [0, 0.1) is 17.8 Å². The van der Waals surface area contributed by atoms with Gasteiger partial charge in [-0.2, -0.15) is 0 Å². The molecule has 2 rings (SSSR count). The highest BCUT2D eigenvalue weighted by Gasteiger charge is 2.32. The van der Waals surface area contributed by atoms with Gasteiger partial charge in [0.15, 0.2) is 0 Å². The van der Waals surface area contributed by atoms with Gasteiger partial charge in [0.25, 0.3) is 0 Å². The van der Waals surface area contributed by atoms with Crippen LogP contribution >= 0.6 is 0 Å². The first-order valence-electron chi connectivity index (χ1n) is 5.76. The maximum Gasteiger partial charge on any atom is 0.223 e. The van der Waals surface area contributed by atoms with Crippen LogP contribution in [0.1, 0.15) is 26.2 Å². The van der Waals surface area contributed by atoms with Gasteiger partial charge in [-0.15, -0.1) is 0 Å². The lowest BCUT2D eigenvalue weighted by molar-refractivity contribution is -0.125. The number of nitrogens with one attached hydrogen (secondary N) is 2. The molecule has 1 saturated heterocycles. The molecule has 0 spiro atoms. The third-order valence-corrected chi connectivity index (χ3v) is 3.47. The van der Waals surface area contributed by atoms with E-state index in [2.05, 4.69) is 17.6 Å². The van der Waals surface area contributed by atoms with Crippen LogP contribution in [0.5, 0.6) is 0 Å². The molecule has 1 saturated carbocycles. The molecule has 3 heteroatoms. The minimum atomic E-state index is 0.240. The maximum atomic E-state index is 11.6. The molecule has 2 N–H and O–H groups in total. The van der Waals surface area contributed by atoms with Gasteiger partial charge >= 0.3 is 0 Å². The predicted octanol–water partition coefficient (Wildman–Crippen LogP) is 0.758. The number of rotatable bonds is 4. The molecule has 1 aliphatic carbocycles. The summed E-state index contributed by atoms with van der Waals surface area (Å²) >= 11 is 0.